The first-order valence-electron chi connectivity index (χ1n) is 5.80. The van der Waals surface area contributed by atoms with Crippen LogP contribution in [0.15, 0.2) is 24.3 Å². The second kappa shape index (κ2) is 4.69. The topological polar surface area (TPSA) is 26.3 Å². The van der Waals surface area contributed by atoms with Crippen LogP contribution in [0.25, 0.3) is 0 Å². The molecule has 0 saturated heterocycles. The Hall–Kier alpha value is -1.31. The zero-order valence-corrected chi connectivity index (χ0v) is 9.82. The molecule has 1 saturated carbocycles. The van der Waals surface area contributed by atoms with E-state index in [4.69, 9.17) is 0 Å². The molecule has 2 nitrogen and oxygen atoms in total. The molecule has 1 aliphatic rings. The maximum Gasteiger partial charge on any atom is 0.337 e. The fourth-order valence-corrected chi connectivity index (χ4v) is 2.10. The first kappa shape index (κ1) is 11.2. The summed E-state index contributed by atoms with van der Waals surface area (Å²) in [6, 6.07) is 7.76. The monoisotopic (exact) mass is 217 g/mol. The van der Waals surface area contributed by atoms with E-state index in [9.17, 15) is 4.79 Å². The first-order valence-corrected chi connectivity index (χ1v) is 5.80. The van der Waals surface area contributed by atoms with Crippen LogP contribution in [0.3, 0.4) is 0 Å². The van der Waals surface area contributed by atoms with Gasteiger partial charge in [0.1, 0.15) is 0 Å². The number of hydrogen-bond donors (Lipinski definition) is 0. The van der Waals surface area contributed by atoms with Gasteiger partial charge in [-0.3, -0.25) is 0 Å². The van der Waals surface area contributed by atoms with Crippen molar-refractivity contribution in [3.63, 3.8) is 0 Å². The zero-order valence-electron chi connectivity index (χ0n) is 9.82. The van der Waals surface area contributed by atoms with Crippen LogP contribution in [0, 0.1) is 11.8 Å². The molecule has 85 valence electrons. The fraction of sp³-hybridized carbons (Fsp3) is 0.429. The summed E-state index contributed by atoms with van der Waals surface area (Å²) in [7, 11) is 1.41. The summed E-state index contributed by atoms with van der Waals surface area (Å²) in [5.74, 6) is 2.04. The van der Waals surface area contributed by atoms with Crippen molar-refractivity contribution in [3.05, 3.63) is 41.3 Å². The number of ether oxygens (including phenoxy) is 1. The van der Waals surface area contributed by atoms with Gasteiger partial charge in [0.2, 0.25) is 0 Å². The van der Waals surface area contributed by atoms with Gasteiger partial charge in [-0.05, 0) is 42.9 Å². The minimum atomic E-state index is -0.268. The van der Waals surface area contributed by atoms with Crippen LogP contribution in [0.5, 0.6) is 0 Å². The summed E-state index contributed by atoms with van der Waals surface area (Å²) >= 11 is 0. The van der Waals surface area contributed by atoms with Gasteiger partial charge in [0.05, 0.1) is 12.7 Å². The van der Waals surface area contributed by atoms with Crippen LogP contribution >= 0.6 is 0 Å². The minimum absolute atomic E-state index is 0.268. The van der Waals surface area contributed by atoms with Crippen LogP contribution in [-0.4, -0.2) is 13.1 Å². The van der Waals surface area contributed by atoms with Gasteiger partial charge in [-0.25, -0.2) is 4.79 Å². The molecule has 1 aromatic rings. The second-order valence-corrected chi connectivity index (χ2v) is 4.22. The van der Waals surface area contributed by atoms with Crippen molar-refractivity contribution in [1.82, 2.24) is 0 Å². The van der Waals surface area contributed by atoms with Gasteiger partial charge >= 0.3 is 5.97 Å². The smallest absolute Gasteiger partial charge is 0.337 e. The van der Waals surface area contributed by atoms with Gasteiger partial charge in [0, 0.05) is 5.92 Å². The molecule has 0 aliphatic heterocycles. The third-order valence-electron chi connectivity index (χ3n) is 3.13. The number of methoxy groups -OCH3 is 1. The Morgan fingerprint density at radius 2 is 1.81 bits per heavy atom. The van der Waals surface area contributed by atoms with Crippen molar-refractivity contribution in [1.29, 1.82) is 0 Å². The summed E-state index contributed by atoms with van der Waals surface area (Å²) in [5, 5.41) is 0. The van der Waals surface area contributed by atoms with Crippen LogP contribution in [0.4, 0.5) is 0 Å². The lowest BCUT2D eigenvalue weighted by Gasteiger charge is -2.13. The third-order valence-corrected chi connectivity index (χ3v) is 3.13. The van der Waals surface area contributed by atoms with Crippen molar-refractivity contribution in [3.8, 4) is 0 Å². The molecule has 2 heteroatoms. The Morgan fingerprint density at radius 3 is 2.25 bits per heavy atom. The number of carbonyl (C=O) groups excluding carboxylic acids is 1. The highest BCUT2D eigenvalue weighted by molar-refractivity contribution is 5.89. The molecule has 0 atom stereocenters. The van der Waals surface area contributed by atoms with Crippen molar-refractivity contribution < 1.29 is 9.53 Å². The number of rotatable bonds is 4. The minimum Gasteiger partial charge on any atom is -0.465 e. The molecule has 1 aliphatic carbocycles. The normalized spacial score (nSPS) is 15.2. The average molecular weight is 217 g/mol. The molecule has 2 rings (SSSR count). The summed E-state index contributed by atoms with van der Waals surface area (Å²) in [4.78, 5) is 11.3. The van der Waals surface area contributed by atoms with Crippen LogP contribution in [-0.2, 0) is 4.74 Å². The van der Waals surface area contributed by atoms with Crippen LogP contribution < -0.4 is 0 Å². The van der Waals surface area contributed by atoms with Crippen molar-refractivity contribution in [2.24, 2.45) is 5.92 Å². The third kappa shape index (κ3) is 2.26. The van der Waals surface area contributed by atoms with Crippen molar-refractivity contribution in [2.45, 2.75) is 26.2 Å². The average Bonchev–Trinajstić information content (AvgIpc) is 3.14. The summed E-state index contributed by atoms with van der Waals surface area (Å²) in [6.07, 6.45) is 3.74. The van der Waals surface area contributed by atoms with Gasteiger partial charge in [0.25, 0.3) is 0 Å². The summed E-state index contributed by atoms with van der Waals surface area (Å²) < 4.78 is 4.68. The lowest BCUT2D eigenvalue weighted by molar-refractivity contribution is 0.0600. The molecular formula is C14H17O2. The van der Waals surface area contributed by atoms with Gasteiger partial charge in [0.15, 0.2) is 0 Å². The van der Waals surface area contributed by atoms with E-state index in [1.54, 1.807) is 0 Å². The lowest BCUT2D eigenvalue weighted by Crippen LogP contribution is -2.04. The standard InChI is InChI=1S/C14H17O2/c1-3-13(10-4-5-10)11-6-8-12(9-7-11)14(15)16-2/h6-10H,3-5H2,1-2H3. The lowest BCUT2D eigenvalue weighted by atomic mass is 9.91. The Kier molecular flexibility index (Phi) is 3.28. The van der Waals surface area contributed by atoms with E-state index in [1.807, 2.05) is 24.3 Å². The number of carbonyl (C=O) groups is 1. The maximum atomic E-state index is 11.3. The van der Waals surface area contributed by atoms with E-state index >= 15 is 0 Å². The molecule has 1 fully saturated rings. The van der Waals surface area contributed by atoms with E-state index < -0.39 is 0 Å². The molecule has 16 heavy (non-hydrogen) atoms. The Balaban J connectivity index is 2.14. The molecule has 0 N–H and O–H groups in total. The van der Waals surface area contributed by atoms with Crippen LogP contribution in [0.1, 0.15) is 42.1 Å². The highest BCUT2D eigenvalue weighted by Gasteiger charge is 2.31. The van der Waals surface area contributed by atoms with E-state index in [2.05, 4.69) is 11.7 Å². The quantitative estimate of drug-likeness (QED) is 0.724. The van der Waals surface area contributed by atoms with E-state index in [0.29, 0.717) is 5.56 Å². The fourth-order valence-electron chi connectivity index (χ4n) is 2.10. The SMILES string of the molecule is CC[C](c1ccc(C(=O)OC)cc1)C1CC1. The van der Waals surface area contributed by atoms with Crippen molar-refractivity contribution >= 4 is 5.97 Å². The van der Waals surface area contributed by atoms with Gasteiger partial charge < -0.3 is 4.74 Å². The molecule has 0 unspecified atom stereocenters. The highest BCUT2D eigenvalue weighted by atomic mass is 16.5. The Labute approximate surface area is 96.6 Å². The molecule has 0 heterocycles. The molecule has 1 radical (unpaired) electrons. The number of hydrogen-bond acceptors (Lipinski definition) is 2. The highest BCUT2D eigenvalue weighted by Crippen LogP contribution is 2.43. The molecule has 0 amide bonds. The number of benzene rings is 1. The second-order valence-electron chi connectivity index (χ2n) is 4.22. The van der Waals surface area contributed by atoms with E-state index in [0.717, 1.165) is 12.3 Å². The predicted molar refractivity (Wildman–Crippen MR) is 63.1 cm³/mol. The Bertz CT molecular complexity index is 363. The number of esters is 1. The van der Waals surface area contributed by atoms with E-state index in [1.165, 1.54) is 31.4 Å². The maximum absolute atomic E-state index is 11.3. The van der Waals surface area contributed by atoms with E-state index in [-0.39, 0.29) is 5.97 Å². The first-order chi connectivity index (χ1) is 7.76. The largest absolute Gasteiger partial charge is 0.465 e. The molecule has 0 aromatic heterocycles. The zero-order chi connectivity index (χ0) is 11.5. The molecule has 0 bridgehead atoms. The molecular weight excluding hydrogens is 200 g/mol. The summed E-state index contributed by atoms with van der Waals surface area (Å²) in [6.45, 7) is 2.20. The predicted octanol–water partition coefficient (Wildman–Crippen LogP) is 3.22. The summed E-state index contributed by atoms with van der Waals surface area (Å²) in [5.41, 5.74) is 1.90. The van der Waals surface area contributed by atoms with Gasteiger partial charge in [-0.2, -0.15) is 0 Å². The van der Waals surface area contributed by atoms with Gasteiger partial charge in [-0.15, -0.1) is 0 Å². The Morgan fingerprint density at radius 1 is 1.25 bits per heavy atom. The molecule has 0 spiro atoms. The van der Waals surface area contributed by atoms with Crippen LogP contribution in [0.2, 0.25) is 0 Å². The van der Waals surface area contributed by atoms with Crippen molar-refractivity contribution in [2.75, 3.05) is 7.11 Å². The van der Waals surface area contributed by atoms with Gasteiger partial charge in [-0.1, -0.05) is 19.1 Å². The molecule has 1 aromatic carbocycles.